The molecule has 0 atom stereocenters. The van der Waals surface area contributed by atoms with Crippen LogP contribution in [0.2, 0.25) is 0 Å². The minimum atomic E-state index is -4.01. The molecule has 5 rings (SSSR count). The molecule has 0 saturated carbocycles. The van der Waals surface area contributed by atoms with Gasteiger partial charge in [-0.3, -0.25) is 0 Å². The molecule has 8 heteroatoms. The summed E-state index contributed by atoms with van der Waals surface area (Å²) in [4.78, 5) is 6.25. The average Bonchev–Trinajstić information content (AvgIpc) is 3.32. The Kier molecular flexibility index (Phi) is 5.51. The first-order chi connectivity index (χ1) is 16.0. The van der Waals surface area contributed by atoms with Gasteiger partial charge in [-0.1, -0.05) is 48.5 Å². The van der Waals surface area contributed by atoms with E-state index in [2.05, 4.69) is 4.98 Å². The fourth-order valence-electron chi connectivity index (χ4n) is 3.65. The van der Waals surface area contributed by atoms with E-state index in [1.807, 2.05) is 60.7 Å². The van der Waals surface area contributed by atoms with Crippen molar-refractivity contribution in [3.8, 4) is 23.0 Å². The third kappa shape index (κ3) is 4.17. The third-order valence-electron chi connectivity index (χ3n) is 5.29. The van der Waals surface area contributed by atoms with Crippen molar-refractivity contribution >= 4 is 15.7 Å². The Morgan fingerprint density at radius 2 is 1.55 bits per heavy atom. The van der Waals surface area contributed by atoms with E-state index in [1.165, 1.54) is 12.1 Å². The number of benzene rings is 3. The maximum absolute atomic E-state index is 13.7. The molecule has 0 fully saturated rings. The highest BCUT2D eigenvalue weighted by Crippen LogP contribution is 2.38. The number of oxazole rings is 1. The van der Waals surface area contributed by atoms with Gasteiger partial charge in [0.15, 0.2) is 11.5 Å². The Bertz CT molecular complexity index is 1370. The van der Waals surface area contributed by atoms with Crippen LogP contribution in [0.5, 0.6) is 11.5 Å². The van der Waals surface area contributed by atoms with E-state index in [0.29, 0.717) is 36.8 Å². The van der Waals surface area contributed by atoms with Gasteiger partial charge in [-0.05, 0) is 29.8 Å². The van der Waals surface area contributed by atoms with E-state index in [-0.39, 0.29) is 21.7 Å². The van der Waals surface area contributed by atoms with E-state index < -0.39 is 9.84 Å². The van der Waals surface area contributed by atoms with Crippen LogP contribution >= 0.6 is 0 Å². The number of rotatable bonds is 6. The van der Waals surface area contributed by atoms with Crippen LogP contribution in [0.15, 0.2) is 93.2 Å². The smallest absolute Gasteiger partial charge is 0.236 e. The van der Waals surface area contributed by atoms with Crippen LogP contribution < -0.4 is 14.4 Å². The number of fused-ring (bicyclic) bond motifs is 1. The lowest BCUT2D eigenvalue weighted by Gasteiger charge is -2.19. The predicted molar refractivity (Wildman–Crippen MR) is 123 cm³/mol. The molecule has 0 spiro atoms. The van der Waals surface area contributed by atoms with Crippen molar-refractivity contribution in [2.24, 2.45) is 0 Å². The molecule has 4 aromatic rings. The lowest BCUT2D eigenvalue weighted by molar-refractivity contribution is 0.171. The molecule has 0 N–H and O–H groups in total. The molecular weight excluding hydrogens is 440 g/mol. The Hall–Kier alpha value is -3.78. The molecule has 0 radical (unpaired) electrons. The summed E-state index contributed by atoms with van der Waals surface area (Å²) >= 11 is 0. The van der Waals surface area contributed by atoms with Crippen molar-refractivity contribution < 1.29 is 22.3 Å². The summed E-state index contributed by atoms with van der Waals surface area (Å²) in [5.74, 6) is 1.33. The second-order valence-electron chi connectivity index (χ2n) is 7.65. The van der Waals surface area contributed by atoms with Crippen molar-refractivity contribution in [1.29, 1.82) is 0 Å². The second kappa shape index (κ2) is 8.63. The summed E-state index contributed by atoms with van der Waals surface area (Å²) < 4.78 is 44.5. The van der Waals surface area contributed by atoms with Gasteiger partial charge in [0.25, 0.3) is 0 Å². The van der Waals surface area contributed by atoms with Crippen LogP contribution in [0.3, 0.4) is 0 Å². The van der Waals surface area contributed by atoms with Crippen LogP contribution in [0.25, 0.3) is 11.5 Å². The first-order valence-electron chi connectivity index (χ1n) is 10.5. The van der Waals surface area contributed by atoms with Gasteiger partial charge in [0, 0.05) is 25.2 Å². The van der Waals surface area contributed by atoms with Gasteiger partial charge in [0.2, 0.25) is 26.6 Å². The summed E-state index contributed by atoms with van der Waals surface area (Å²) in [6.07, 6.45) is 0. The number of nitrogens with zero attached hydrogens (tertiary/aromatic N) is 2. The number of sulfone groups is 1. The van der Waals surface area contributed by atoms with Gasteiger partial charge in [0.1, 0.15) is 13.2 Å². The van der Waals surface area contributed by atoms with Crippen molar-refractivity contribution in [2.75, 3.05) is 25.2 Å². The molecule has 0 unspecified atom stereocenters. The van der Waals surface area contributed by atoms with E-state index in [1.54, 1.807) is 18.0 Å². The molecule has 0 bridgehead atoms. The van der Waals surface area contributed by atoms with E-state index in [9.17, 15) is 8.42 Å². The normalized spacial score (nSPS) is 13.0. The molecule has 0 saturated heterocycles. The Balaban J connectivity index is 1.59. The van der Waals surface area contributed by atoms with Gasteiger partial charge in [0.05, 0.1) is 4.90 Å². The standard InChI is InChI=1S/C25H22N2O5S/c1-27(17-18-8-4-2-5-9-18)25-24(26-23(32-25)19-10-6-3-7-11-19)33(28,29)20-12-13-21-22(16-20)31-15-14-30-21/h2-13,16H,14-15,17H2,1H3. The molecule has 3 aromatic carbocycles. The molecular formula is C25H22N2O5S. The molecule has 0 amide bonds. The Morgan fingerprint density at radius 1 is 0.879 bits per heavy atom. The maximum atomic E-state index is 13.7. The van der Waals surface area contributed by atoms with E-state index in [0.717, 1.165) is 5.56 Å². The minimum Gasteiger partial charge on any atom is -0.486 e. The average molecular weight is 463 g/mol. The summed E-state index contributed by atoms with van der Waals surface area (Å²) in [5, 5.41) is -0.142. The Morgan fingerprint density at radius 3 is 2.27 bits per heavy atom. The van der Waals surface area contributed by atoms with Crippen LogP contribution in [-0.4, -0.2) is 33.7 Å². The molecule has 1 aromatic heterocycles. The minimum absolute atomic E-state index is 0.0639. The summed E-state index contributed by atoms with van der Waals surface area (Å²) in [6.45, 7) is 1.24. The van der Waals surface area contributed by atoms with Crippen molar-refractivity contribution in [2.45, 2.75) is 16.5 Å². The summed E-state index contributed by atoms with van der Waals surface area (Å²) in [6, 6.07) is 23.6. The van der Waals surface area contributed by atoms with E-state index >= 15 is 0 Å². The number of anilines is 1. The predicted octanol–water partition coefficient (Wildman–Crippen LogP) is 4.58. The van der Waals surface area contributed by atoms with Gasteiger partial charge >= 0.3 is 0 Å². The molecule has 7 nitrogen and oxygen atoms in total. The maximum Gasteiger partial charge on any atom is 0.236 e. The first-order valence-corrected chi connectivity index (χ1v) is 12.0. The summed E-state index contributed by atoms with van der Waals surface area (Å²) in [5.41, 5.74) is 1.70. The topological polar surface area (TPSA) is 81.9 Å². The quantitative estimate of drug-likeness (QED) is 0.415. The fourth-order valence-corrected chi connectivity index (χ4v) is 5.01. The van der Waals surface area contributed by atoms with Crippen molar-refractivity contribution in [3.05, 3.63) is 84.4 Å². The zero-order chi connectivity index (χ0) is 22.8. The lowest BCUT2D eigenvalue weighted by Crippen LogP contribution is -2.19. The highest BCUT2D eigenvalue weighted by molar-refractivity contribution is 7.91. The summed E-state index contributed by atoms with van der Waals surface area (Å²) in [7, 11) is -2.23. The van der Waals surface area contributed by atoms with Crippen LogP contribution in [-0.2, 0) is 16.4 Å². The van der Waals surface area contributed by atoms with Gasteiger partial charge in [-0.15, -0.1) is 0 Å². The fraction of sp³-hybridized carbons (Fsp3) is 0.160. The molecule has 2 heterocycles. The highest BCUT2D eigenvalue weighted by atomic mass is 32.2. The molecule has 1 aliphatic rings. The first kappa shape index (κ1) is 21.1. The second-order valence-corrected chi connectivity index (χ2v) is 9.51. The highest BCUT2D eigenvalue weighted by Gasteiger charge is 2.31. The van der Waals surface area contributed by atoms with Gasteiger partial charge in [-0.2, -0.15) is 4.98 Å². The largest absolute Gasteiger partial charge is 0.486 e. The zero-order valence-electron chi connectivity index (χ0n) is 18.0. The number of ether oxygens (including phenoxy) is 2. The van der Waals surface area contributed by atoms with Crippen LogP contribution in [0.4, 0.5) is 5.88 Å². The third-order valence-corrected chi connectivity index (χ3v) is 6.94. The lowest BCUT2D eigenvalue weighted by atomic mass is 10.2. The van der Waals surface area contributed by atoms with Gasteiger partial charge in [-0.25, -0.2) is 8.42 Å². The zero-order valence-corrected chi connectivity index (χ0v) is 18.8. The van der Waals surface area contributed by atoms with E-state index in [4.69, 9.17) is 13.9 Å². The van der Waals surface area contributed by atoms with Crippen molar-refractivity contribution in [1.82, 2.24) is 4.98 Å². The molecule has 33 heavy (non-hydrogen) atoms. The number of hydrogen-bond donors (Lipinski definition) is 0. The van der Waals surface area contributed by atoms with Crippen LogP contribution in [0.1, 0.15) is 5.56 Å². The van der Waals surface area contributed by atoms with Crippen LogP contribution in [0, 0.1) is 0 Å². The van der Waals surface area contributed by atoms with Gasteiger partial charge < -0.3 is 18.8 Å². The molecule has 0 aliphatic carbocycles. The monoisotopic (exact) mass is 462 g/mol. The van der Waals surface area contributed by atoms with Crippen molar-refractivity contribution in [3.63, 3.8) is 0 Å². The number of aromatic nitrogens is 1. The molecule has 1 aliphatic heterocycles. The molecule has 168 valence electrons. The number of hydrogen-bond acceptors (Lipinski definition) is 7. The SMILES string of the molecule is CN(Cc1ccccc1)c1oc(-c2ccccc2)nc1S(=O)(=O)c1ccc2c(c1)OCCO2. The Labute approximate surface area is 192 Å².